The van der Waals surface area contributed by atoms with Crippen molar-refractivity contribution in [1.82, 2.24) is 0 Å². The van der Waals surface area contributed by atoms with Gasteiger partial charge in [0.25, 0.3) is 0 Å². The van der Waals surface area contributed by atoms with E-state index in [1.807, 2.05) is 0 Å². The Morgan fingerprint density at radius 2 is 1.50 bits per heavy atom. The maximum Gasteiger partial charge on any atom is 0.0445 e. The van der Waals surface area contributed by atoms with Gasteiger partial charge in [0.2, 0.25) is 0 Å². The molecule has 0 fully saturated rings. The molecule has 0 saturated carbocycles. The van der Waals surface area contributed by atoms with Crippen molar-refractivity contribution < 1.29 is 0 Å². The molecule has 1 heteroatoms. The zero-order valence-corrected chi connectivity index (χ0v) is 11.0. The second kappa shape index (κ2) is 3.95. The summed E-state index contributed by atoms with van der Waals surface area (Å²) in [5, 5.41) is 0. The van der Waals surface area contributed by atoms with E-state index in [9.17, 15) is 0 Å². The minimum atomic E-state index is -0.820. The maximum atomic E-state index is 2.46. The number of rotatable bonds is 3. The molecule has 0 aliphatic carbocycles. The largest absolute Gasteiger partial charge is 0.0695 e. The van der Waals surface area contributed by atoms with E-state index in [0.29, 0.717) is 5.41 Å². The Morgan fingerprint density at radius 3 is 1.75 bits per heavy atom. The SMILES string of the molecule is CC(CC(C)(C)C)C[Si](C)(C)C. The zero-order valence-electron chi connectivity index (χ0n) is 9.99. The predicted molar refractivity (Wildman–Crippen MR) is 61.4 cm³/mol. The van der Waals surface area contributed by atoms with Crippen LogP contribution in [0.1, 0.15) is 34.1 Å². The predicted octanol–water partition coefficient (Wildman–Crippen LogP) is 4.40. The van der Waals surface area contributed by atoms with E-state index >= 15 is 0 Å². The van der Waals surface area contributed by atoms with Crippen molar-refractivity contribution in [3.63, 3.8) is 0 Å². The summed E-state index contributed by atoms with van der Waals surface area (Å²) in [6, 6.07) is 1.48. The van der Waals surface area contributed by atoms with Crippen molar-refractivity contribution in [2.75, 3.05) is 0 Å². The first-order valence-corrected chi connectivity index (χ1v) is 8.81. The Morgan fingerprint density at radius 1 is 1.08 bits per heavy atom. The van der Waals surface area contributed by atoms with Crippen molar-refractivity contribution >= 4 is 8.07 Å². The first-order valence-electron chi connectivity index (χ1n) is 5.10. The van der Waals surface area contributed by atoms with Gasteiger partial charge in [0, 0.05) is 8.07 Å². The lowest BCUT2D eigenvalue weighted by molar-refractivity contribution is 0.319. The van der Waals surface area contributed by atoms with Gasteiger partial charge in [0.05, 0.1) is 0 Å². The van der Waals surface area contributed by atoms with Crippen molar-refractivity contribution in [2.45, 2.75) is 59.8 Å². The molecule has 74 valence electrons. The summed E-state index contributed by atoms with van der Waals surface area (Å²) in [6.07, 6.45) is 1.37. The molecular formula is C11H26Si. The van der Waals surface area contributed by atoms with Crippen LogP contribution >= 0.6 is 0 Å². The quantitative estimate of drug-likeness (QED) is 0.573. The van der Waals surface area contributed by atoms with Crippen LogP contribution in [0.15, 0.2) is 0 Å². The van der Waals surface area contributed by atoms with Crippen LogP contribution in [0, 0.1) is 11.3 Å². The maximum absolute atomic E-state index is 2.46. The summed E-state index contributed by atoms with van der Waals surface area (Å²) in [7, 11) is -0.820. The molecule has 0 aromatic rings. The highest BCUT2D eigenvalue weighted by Crippen LogP contribution is 2.29. The van der Waals surface area contributed by atoms with Gasteiger partial charge >= 0.3 is 0 Å². The molecule has 0 aromatic carbocycles. The lowest BCUT2D eigenvalue weighted by Gasteiger charge is -2.27. The van der Waals surface area contributed by atoms with E-state index in [4.69, 9.17) is 0 Å². The Labute approximate surface area is 79.8 Å². The zero-order chi connectivity index (χ0) is 9.99. The Bertz CT molecular complexity index is 109. The molecule has 0 N–H and O–H groups in total. The first kappa shape index (κ1) is 12.2. The highest BCUT2D eigenvalue weighted by molar-refractivity contribution is 6.76. The third-order valence-electron chi connectivity index (χ3n) is 1.92. The summed E-state index contributed by atoms with van der Waals surface area (Å²) in [6.45, 7) is 16.8. The standard InChI is InChI=1S/C11H26Si/c1-10(8-11(2,3)4)9-12(5,6)7/h10H,8-9H2,1-7H3. The lowest BCUT2D eigenvalue weighted by atomic mass is 9.86. The van der Waals surface area contributed by atoms with Gasteiger partial charge in [0.15, 0.2) is 0 Å². The topological polar surface area (TPSA) is 0 Å². The molecule has 0 radical (unpaired) electrons. The van der Waals surface area contributed by atoms with Gasteiger partial charge < -0.3 is 0 Å². The van der Waals surface area contributed by atoms with Crippen LogP contribution in [0.3, 0.4) is 0 Å². The molecule has 0 aliphatic rings. The van der Waals surface area contributed by atoms with Crippen LogP contribution in [-0.2, 0) is 0 Å². The molecular weight excluding hydrogens is 160 g/mol. The van der Waals surface area contributed by atoms with Gasteiger partial charge in [0.1, 0.15) is 0 Å². The van der Waals surface area contributed by atoms with E-state index in [1.54, 1.807) is 0 Å². The summed E-state index contributed by atoms with van der Waals surface area (Å²) in [4.78, 5) is 0. The van der Waals surface area contributed by atoms with Crippen LogP contribution in [0.4, 0.5) is 0 Å². The van der Waals surface area contributed by atoms with Crippen molar-refractivity contribution in [3.8, 4) is 0 Å². The minimum absolute atomic E-state index is 0.513. The van der Waals surface area contributed by atoms with Gasteiger partial charge in [-0.05, 0) is 17.8 Å². The fourth-order valence-electron chi connectivity index (χ4n) is 2.16. The first-order chi connectivity index (χ1) is 5.10. The monoisotopic (exact) mass is 186 g/mol. The highest BCUT2D eigenvalue weighted by Gasteiger charge is 2.21. The fraction of sp³-hybridized carbons (Fsp3) is 1.00. The average Bonchev–Trinajstić information content (AvgIpc) is 1.49. The molecule has 0 nitrogen and oxygen atoms in total. The Balaban J connectivity index is 3.83. The molecule has 1 unspecified atom stereocenters. The average molecular weight is 186 g/mol. The molecule has 12 heavy (non-hydrogen) atoms. The summed E-state index contributed by atoms with van der Waals surface area (Å²) < 4.78 is 0. The van der Waals surface area contributed by atoms with Gasteiger partial charge in [-0.2, -0.15) is 0 Å². The lowest BCUT2D eigenvalue weighted by Crippen LogP contribution is -2.24. The van der Waals surface area contributed by atoms with Crippen LogP contribution in [0.25, 0.3) is 0 Å². The smallest absolute Gasteiger partial charge is 0.0445 e. The molecule has 0 spiro atoms. The molecule has 0 heterocycles. The molecule has 0 aromatic heterocycles. The van der Waals surface area contributed by atoms with Crippen LogP contribution in [0.2, 0.25) is 25.7 Å². The van der Waals surface area contributed by atoms with Gasteiger partial charge in [-0.3, -0.25) is 0 Å². The molecule has 0 aliphatic heterocycles. The second-order valence-corrected chi connectivity index (χ2v) is 12.2. The summed E-state index contributed by atoms with van der Waals surface area (Å²) in [5.74, 6) is 0.914. The second-order valence-electron chi connectivity index (χ2n) is 6.63. The third kappa shape index (κ3) is 8.31. The van der Waals surface area contributed by atoms with Gasteiger partial charge in [-0.1, -0.05) is 53.4 Å². The molecule has 0 bridgehead atoms. The third-order valence-corrected chi connectivity index (χ3v) is 3.84. The van der Waals surface area contributed by atoms with E-state index in [0.717, 1.165) is 5.92 Å². The van der Waals surface area contributed by atoms with Crippen molar-refractivity contribution in [3.05, 3.63) is 0 Å². The van der Waals surface area contributed by atoms with E-state index in [2.05, 4.69) is 47.3 Å². The van der Waals surface area contributed by atoms with Gasteiger partial charge in [-0.25, -0.2) is 0 Å². The Hall–Kier alpha value is 0.217. The van der Waals surface area contributed by atoms with Crippen LogP contribution < -0.4 is 0 Å². The summed E-state index contributed by atoms with van der Waals surface area (Å²) in [5.41, 5.74) is 0.513. The van der Waals surface area contributed by atoms with E-state index in [-0.39, 0.29) is 0 Å². The van der Waals surface area contributed by atoms with E-state index < -0.39 is 8.07 Å². The van der Waals surface area contributed by atoms with E-state index in [1.165, 1.54) is 12.5 Å². The van der Waals surface area contributed by atoms with Crippen molar-refractivity contribution in [2.24, 2.45) is 11.3 Å². The summed E-state index contributed by atoms with van der Waals surface area (Å²) >= 11 is 0. The minimum Gasteiger partial charge on any atom is -0.0695 e. The fourth-order valence-corrected chi connectivity index (χ4v) is 4.40. The van der Waals surface area contributed by atoms with Crippen LogP contribution in [-0.4, -0.2) is 8.07 Å². The van der Waals surface area contributed by atoms with Crippen LogP contribution in [0.5, 0.6) is 0 Å². The number of hydrogen-bond donors (Lipinski definition) is 0. The van der Waals surface area contributed by atoms with Gasteiger partial charge in [-0.15, -0.1) is 0 Å². The Kier molecular flexibility index (Phi) is 4.02. The molecule has 0 saturated heterocycles. The molecule has 1 atom stereocenters. The molecule has 0 rings (SSSR count). The normalized spacial score (nSPS) is 16.2. The number of hydrogen-bond acceptors (Lipinski definition) is 0. The van der Waals surface area contributed by atoms with Crippen molar-refractivity contribution in [1.29, 1.82) is 0 Å². The molecule has 0 amide bonds. The highest BCUT2D eigenvalue weighted by atomic mass is 28.3.